The Morgan fingerprint density at radius 1 is 1.37 bits per heavy atom. The van der Waals surface area contributed by atoms with E-state index in [-0.39, 0.29) is 9.64 Å². The van der Waals surface area contributed by atoms with Crippen LogP contribution >= 0.6 is 11.8 Å². The van der Waals surface area contributed by atoms with Crippen molar-refractivity contribution in [2.75, 3.05) is 29.5 Å². The molecule has 7 heteroatoms. The number of rotatable bonds is 2. The number of hydrogen-bond donors (Lipinski definition) is 2. The normalized spacial score (nSPS) is 19.4. The molecule has 1 heterocycles. The quantitative estimate of drug-likeness (QED) is 0.802. The van der Waals surface area contributed by atoms with E-state index in [1.165, 1.54) is 6.07 Å². The van der Waals surface area contributed by atoms with Gasteiger partial charge in [-0.3, -0.25) is 0 Å². The number of anilines is 2. The SMILES string of the molecule is CC1(C)CN(c2cc(S(N)(=O)=O)ccc2N)CCS1. The molecule has 19 heavy (non-hydrogen) atoms. The highest BCUT2D eigenvalue weighted by atomic mass is 32.2. The van der Waals surface area contributed by atoms with Crippen molar-refractivity contribution in [3.05, 3.63) is 18.2 Å². The lowest BCUT2D eigenvalue weighted by Crippen LogP contribution is -2.43. The predicted octanol–water partition coefficient (Wildman–Crippen LogP) is 1.25. The van der Waals surface area contributed by atoms with Gasteiger partial charge in [0.1, 0.15) is 0 Å². The number of sulfonamides is 1. The van der Waals surface area contributed by atoms with E-state index >= 15 is 0 Å². The van der Waals surface area contributed by atoms with Gasteiger partial charge in [-0.05, 0) is 32.0 Å². The topological polar surface area (TPSA) is 89.4 Å². The van der Waals surface area contributed by atoms with Crippen LogP contribution in [-0.4, -0.2) is 32.0 Å². The minimum absolute atomic E-state index is 0.104. The largest absolute Gasteiger partial charge is 0.397 e. The average Bonchev–Trinajstić information content (AvgIpc) is 2.26. The molecule has 0 amide bonds. The highest BCUT2D eigenvalue weighted by Gasteiger charge is 2.28. The van der Waals surface area contributed by atoms with Crippen LogP contribution in [0.15, 0.2) is 23.1 Å². The molecule has 1 saturated heterocycles. The van der Waals surface area contributed by atoms with E-state index in [1.807, 2.05) is 11.8 Å². The average molecular weight is 301 g/mol. The number of nitrogens with zero attached hydrogens (tertiary/aromatic N) is 1. The standard InChI is InChI=1S/C12H19N3O2S2/c1-12(2)8-15(5-6-18-12)11-7-9(19(14,16)17)3-4-10(11)13/h3-4,7H,5-6,8,13H2,1-2H3,(H2,14,16,17). The first kappa shape index (κ1) is 14.5. The number of nitrogens with two attached hydrogens (primary N) is 2. The Morgan fingerprint density at radius 3 is 2.63 bits per heavy atom. The first-order valence-corrected chi connectivity index (χ1v) is 8.53. The third-order valence-electron chi connectivity index (χ3n) is 3.10. The summed E-state index contributed by atoms with van der Waals surface area (Å²) in [6.07, 6.45) is 0. The van der Waals surface area contributed by atoms with Gasteiger partial charge in [-0.15, -0.1) is 0 Å². The number of benzene rings is 1. The second-order valence-corrected chi connectivity index (χ2v) is 8.66. The van der Waals surface area contributed by atoms with Crippen molar-refractivity contribution in [3.8, 4) is 0 Å². The lowest BCUT2D eigenvalue weighted by atomic mass is 10.1. The monoisotopic (exact) mass is 301 g/mol. The Kier molecular flexibility index (Phi) is 3.72. The molecule has 0 aromatic heterocycles. The molecule has 2 rings (SSSR count). The first-order chi connectivity index (χ1) is 8.69. The second-order valence-electron chi connectivity index (χ2n) is 5.30. The summed E-state index contributed by atoms with van der Waals surface area (Å²) in [6.45, 7) is 6.02. The van der Waals surface area contributed by atoms with E-state index in [9.17, 15) is 8.42 Å². The maximum Gasteiger partial charge on any atom is 0.238 e. The summed E-state index contributed by atoms with van der Waals surface area (Å²) >= 11 is 1.91. The van der Waals surface area contributed by atoms with E-state index in [1.54, 1.807) is 12.1 Å². The molecule has 106 valence electrons. The van der Waals surface area contributed by atoms with Gasteiger partial charge in [0, 0.05) is 23.6 Å². The van der Waals surface area contributed by atoms with Crippen molar-refractivity contribution in [2.24, 2.45) is 5.14 Å². The minimum Gasteiger partial charge on any atom is -0.397 e. The van der Waals surface area contributed by atoms with Gasteiger partial charge in [-0.1, -0.05) is 0 Å². The summed E-state index contributed by atoms with van der Waals surface area (Å²) in [6, 6.07) is 4.61. The molecule has 1 aliphatic heterocycles. The van der Waals surface area contributed by atoms with Crippen LogP contribution in [0, 0.1) is 0 Å². The van der Waals surface area contributed by atoms with Crippen LogP contribution in [0.1, 0.15) is 13.8 Å². The van der Waals surface area contributed by atoms with Crippen molar-refractivity contribution < 1.29 is 8.42 Å². The van der Waals surface area contributed by atoms with Crippen molar-refractivity contribution in [1.29, 1.82) is 0 Å². The van der Waals surface area contributed by atoms with Gasteiger partial charge in [-0.2, -0.15) is 11.8 Å². The van der Waals surface area contributed by atoms with Gasteiger partial charge in [0.05, 0.1) is 16.3 Å². The molecule has 0 spiro atoms. The maximum atomic E-state index is 11.4. The third-order valence-corrected chi connectivity index (χ3v) is 5.31. The Balaban J connectivity index is 2.39. The summed E-state index contributed by atoms with van der Waals surface area (Å²) in [7, 11) is -3.70. The number of thioether (sulfide) groups is 1. The van der Waals surface area contributed by atoms with Crippen LogP contribution < -0.4 is 15.8 Å². The molecule has 0 radical (unpaired) electrons. The minimum atomic E-state index is -3.70. The molecule has 0 aliphatic carbocycles. The molecule has 0 bridgehead atoms. The summed E-state index contributed by atoms with van der Waals surface area (Å²) < 4.78 is 23.0. The van der Waals surface area contributed by atoms with Gasteiger partial charge >= 0.3 is 0 Å². The molecule has 0 unspecified atom stereocenters. The first-order valence-electron chi connectivity index (χ1n) is 6.00. The maximum absolute atomic E-state index is 11.4. The number of hydrogen-bond acceptors (Lipinski definition) is 5. The fourth-order valence-corrected chi connectivity index (χ4v) is 3.84. The summed E-state index contributed by atoms with van der Waals surface area (Å²) in [5.74, 6) is 0.992. The summed E-state index contributed by atoms with van der Waals surface area (Å²) in [5.41, 5.74) is 7.30. The van der Waals surface area contributed by atoms with Crippen molar-refractivity contribution in [2.45, 2.75) is 23.5 Å². The summed E-state index contributed by atoms with van der Waals surface area (Å²) in [5, 5.41) is 5.17. The molecule has 1 aromatic rings. The Morgan fingerprint density at radius 2 is 2.05 bits per heavy atom. The third kappa shape index (κ3) is 3.34. The highest BCUT2D eigenvalue weighted by Crippen LogP contribution is 2.35. The lowest BCUT2D eigenvalue weighted by Gasteiger charge is -2.39. The molecule has 0 atom stereocenters. The Labute approximate surface area is 118 Å². The number of primary sulfonamides is 1. The molecule has 4 N–H and O–H groups in total. The van der Waals surface area contributed by atoms with E-state index in [0.717, 1.165) is 24.5 Å². The van der Waals surface area contributed by atoms with Gasteiger partial charge in [0.25, 0.3) is 0 Å². The predicted molar refractivity (Wildman–Crippen MR) is 81.0 cm³/mol. The van der Waals surface area contributed by atoms with E-state index in [0.29, 0.717) is 5.69 Å². The zero-order valence-electron chi connectivity index (χ0n) is 11.1. The zero-order valence-corrected chi connectivity index (χ0v) is 12.7. The van der Waals surface area contributed by atoms with Gasteiger partial charge < -0.3 is 10.6 Å². The van der Waals surface area contributed by atoms with Gasteiger partial charge in [0.15, 0.2) is 0 Å². The van der Waals surface area contributed by atoms with E-state index < -0.39 is 10.0 Å². The van der Waals surface area contributed by atoms with Crippen molar-refractivity contribution >= 4 is 33.2 Å². The highest BCUT2D eigenvalue weighted by molar-refractivity contribution is 8.00. The number of nitrogen functional groups attached to an aromatic ring is 1. The van der Waals surface area contributed by atoms with Crippen molar-refractivity contribution in [3.63, 3.8) is 0 Å². The molecule has 0 saturated carbocycles. The van der Waals surface area contributed by atoms with Crippen LogP contribution in [0.2, 0.25) is 0 Å². The van der Waals surface area contributed by atoms with E-state index in [4.69, 9.17) is 10.9 Å². The molecule has 1 fully saturated rings. The lowest BCUT2D eigenvalue weighted by molar-refractivity contribution is 0.597. The van der Waals surface area contributed by atoms with E-state index in [2.05, 4.69) is 18.7 Å². The molecule has 5 nitrogen and oxygen atoms in total. The molecule has 1 aliphatic rings. The summed E-state index contributed by atoms with van der Waals surface area (Å²) in [4.78, 5) is 2.23. The molecule has 1 aromatic carbocycles. The van der Waals surface area contributed by atoms with Crippen molar-refractivity contribution in [1.82, 2.24) is 0 Å². The zero-order chi connectivity index (χ0) is 14.3. The van der Waals surface area contributed by atoms with Crippen LogP contribution in [-0.2, 0) is 10.0 Å². The van der Waals surface area contributed by atoms with Gasteiger partial charge in [0.2, 0.25) is 10.0 Å². The smallest absolute Gasteiger partial charge is 0.238 e. The van der Waals surface area contributed by atoms with Crippen LogP contribution in [0.3, 0.4) is 0 Å². The van der Waals surface area contributed by atoms with Gasteiger partial charge in [-0.25, -0.2) is 13.6 Å². The fraction of sp³-hybridized carbons (Fsp3) is 0.500. The Hall–Kier alpha value is -0.920. The Bertz CT molecular complexity index is 585. The van der Waals surface area contributed by atoms with Crippen LogP contribution in [0.25, 0.3) is 0 Å². The fourth-order valence-electron chi connectivity index (χ4n) is 2.20. The van der Waals surface area contributed by atoms with Crippen LogP contribution in [0.5, 0.6) is 0 Å². The second kappa shape index (κ2) is 4.88. The molecular formula is C12H19N3O2S2. The van der Waals surface area contributed by atoms with Crippen LogP contribution in [0.4, 0.5) is 11.4 Å². The molecular weight excluding hydrogens is 282 g/mol.